The average molecular weight is 371 g/mol. The number of hydrogen-bond acceptors (Lipinski definition) is 5. The van der Waals surface area contributed by atoms with Gasteiger partial charge in [0.15, 0.2) is 0 Å². The Morgan fingerprint density at radius 3 is 2.78 bits per heavy atom. The zero-order valence-electron chi connectivity index (χ0n) is 16.3. The van der Waals surface area contributed by atoms with Gasteiger partial charge in [-0.2, -0.15) is 0 Å². The number of aromatic nitrogens is 2. The van der Waals surface area contributed by atoms with Crippen LogP contribution in [0.15, 0.2) is 6.07 Å². The molecule has 1 aliphatic carbocycles. The summed E-state index contributed by atoms with van der Waals surface area (Å²) in [5, 5.41) is 0. The van der Waals surface area contributed by atoms with Crippen LogP contribution in [-0.4, -0.2) is 57.8 Å². The van der Waals surface area contributed by atoms with Crippen molar-refractivity contribution >= 4 is 17.8 Å². The van der Waals surface area contributed by atoms with E-state index in [2.05, 4.69) is 14.9 Å². The van der Waals surface area contributed by atoms with Crippen molar-refractivity contribution in [3.8, 4) is 0 Å². The molecule has 1 aromatic rings. The number of carbonyl (C=O) groups excluding carboxylic acids is 2. The van der Waals surface area contributed by atoms with Crippen molar-refractivity contribution in [2.45, 2.75) is 51.9 Å². The molecule has 3 aliphatic rings. The van der Waals surface area contributed by atoms with Crippen molar-refractivity contribution in [2.24, 2.45) is 11.3 Å². The highest BCUT2D eigenvalue weighted by Crippen LogP contribution is 2.42. The third kappa shape index (κ3) is 3.51. The zero-order valence-corrected chi connectivity index (χ0v) is 16.3. The molecule has 1 atom stereocenters. The Morgan fingerprint density at radius 1 is 1.30 bits per heavy atom. The molecule has 4 rings (SSSR count). The maximum absolute atomic E-state index is 13.2. The van der Waals surface area contributed by atoms with Gasteiger partial charge in [-0.05, 0) is 50.0 Å². The van der Waals surface area contributed by atoms with E-state index in [4.69, 9.17) is 5.73 Å². The summed E-state index contributed by atoms with van der Waals surface area (Å²) in [5.41, 5.74) is 6.51. The fourth-order valence-electron chi connectivity index (χ4n) is 4.42. The van der Waals surface area contributed by atoms with Crippen LogP contribution in [0, 0.1) is 11.3 Å². The Bertz CT molecular complexity index is 761. The van der Waals surface area contributed by atoms with Crippen LogP contribution in [-0.2, 0) is 4.79 Å². The summed E-state index contributed by atoms with van der Waals surface area (Å²) in [6.45, 7) is 6.88. The average Bonchev–Trinajstić information content (AvgIpc) is 3.35. The molecule has 3 fully saturated rings. The van der Waals surface area contributed by atoms with E-state index >= 15 is 0 Å². The van der Waals surface area contributed by atoms with Gasteiger partial charge in [0.1, 0.15) is 5.69 Å². The number of anilines is 1. The fourth-order valence-corrected chi connectivity index (χ4v) is 4.42. The van der Waals surface area contributed by atoms with Crippen LogP contribution < -0.4 is 5.73 Å². The quantitative estimate of drug-likeness (QED) is 0.874. The lowest BCUT2D eigenvalue weighted by atomic mass is 9.78. The van der Waals surface area contributed by atoms with Crippen LogP contribution in [0.5, 0.6) is 0 Å². The predicted molar refractivity (Wildman–Crippen MR) is 102 cm³/mol. The molecule has 0 radical (unpaired) electrons. The van der Waals surface area contributed by atoms with Crippen molar-refractivity contribution in [1.29, 1.82) is 0 Å². The molecule has 2 saturated heterocycles. The highest BCUT2D eigenvalue weighted by molar-refractivity contribution is 5.94. The molecule has 7 nitrogen and oxygen atoms in total. The summed E-state index contributed by atoms with van der Waals surface area (Å²) in [6, 6.07) is 1.73. The van der Waals surface area contributed by atoms with Crippen molar-refractivity contribution in [3.63, 3.8) is 0 Å². The molecule has 0 unspecified atom stereocenters. The van der Waals surface area contributed by atoms with Gasteiger partial charge in [0.25, 0.3) is 5.91 Å². The SMILES string of the molecule is CC(C)c1cc(C(=O)N2CC[C@@]3(CCCN(CC4CC4)C3=O)C2)nc(N)n1. The van der Waals surface area contributed by atoms with Crippen molar-refractivity contribution in [1.82, 2.24) is 19.8 Å². The molecule has 2 amide bonds. The Hall–Kier alpha value is -2.18. The van der Waals surface area contributed by atoms with Crippen molar-refractivity contribution in [3.05, 3.63) is 17.5 Å². The number of amides is 2. The highest BCUT2D eigenvalue weighted by Gasteiger charge is 2.50. The van der Waals surface area contributed by atoms with Gasteiger partial charge in [0.05, 0.1) is 5.41 Å². The van der Waals surface area contributed by atoms with Crippen LogP contribution >= 0.6 is 0 Å². The van der Waals surface area contributed by atoms with Gasteiger partial charge in [0, 0.05) is 31.9 Å². The molecule has 0 bridgehead atoms. The number of carbonyl (C=O) groups is 2. The smallest absolute Gasteiger partial charge is 0.272 e. The molecule has 0 aromatic carbocycles. The second kappa shape index (κ2) is 6.77. The van der Waals surface area contributed by atoms with E-state index in [1.54, 1.807) is 11.0 Å². The summed E-state index contributed by atoms with van der Waals surface area (Å²) >= 11 is 0. The molecule has 2 N–H and O–H groups in total. The predicted octanol–water partition coefficient (Wildman–Crippen LogP) is 2.05. The topological polar surface area (TPSA) is 92.4 Å². The minimum absolute atomic E-state index is 0.128. The van der Waals surface area contributed by atoms with Gasteiger partial charge in [0.2, 0.25) is 11.9 Å². The molecule has 2 aliphatic heterocycles. The first kappa shape index (κ1) is 18.2. The lowest BCUT2D eigenvalue weighted by Crippen LogP contribution is -2.51. The van der Waals surface area contributed by atoms with E-state index in [-0.39, 0.29) is 23.7 Å². The first-order chi connectivity index (χ1) is 12.9. The number of nitrogens with two attached hydrogens (primary N) is 1. The van der Waals surface area contributed by atoms with Crippen molar-refractivity contribution < 1.29 is 9.59 Å². The van der Waals surface area contributed by atoms with Crippen molar-refractivity contribution in [2.75, 3.05) is 31.9 Å². The largest absolute Gasteiger partial charge is 0.368 e. The molecule has 146 valence electrons. The minimum atomic E-state index is -0.401. The van der Waals surface area contributed by atoms with Gasteiger partial charge in [-0.1, -0.05) is 13.8 Å². The van der Waals surface area contributed by atoms with Gasteiger partial charge in [-0.3, -0.25) is 9.59 Å². The van der Waals surface area contributed by atoms with Crippen LogP contribution in [0.2, 0.25) is 0 Å². The number of piperidine rings is 1. The van der Waals surface area contributed by atoms with E-state index in [9.17, 15) is 9.59 Å². The lowest BCUT2D eigenvalue weighted by molar-refractivity contribution is -0.145. The van der Waals surface area contributed by atoms with Gasteiger partial charge < -0.3 is 15.5 Å². The van der Waals surface area contributed by atoms with Crippen LogP contribution in [0.4, 0.5) is 5.95 Å². The van der Waals surface area contributed by atoms with E-state index < -0.39 is 5.41 Å². The second-order valence-electron chi connectivity index (χ2n) is 8.75. The standard InChI is InChI=1S/C20H29N5O2/c1-13(2)15-10-16(23-19(21)22-15)17(26)25-9-7-20(12-25)6-3-8-24(18(20)27)11-14-4-5-14/h10,13-14H,3-9,11-12H2,1-2H3,(H2,21,22,23)/t20-/m0/s1. The third-order valence-corrected chi connectivity index (χ3v) is 6.21. The number of rotatable bonds is 4. The molecule has 7 heteroatoms. The molecular formula is C20H29N5O2. The normalized spacial score (nSPS) is 25.7. The summed E-state index contributed by atoms with van der Waals surface area (Å²) < 4.78 is 0. The Balaban J connectivity index is 1.50. The molecular weight excluding hydrogens is 342 g/mol. The second-order valence-corrected chi connectivity index (χ2v) is 8.75. The molecule has 1 saturated carbocycles. The minimum Gasteiger partial charge on any atom is -0.368 e. The van der Waals surface area contributed by atoms with E-state index in [0.717, 1.165) is 38.0 Å². The van der Waals surface area contributed by atoms with Gasteiger partial charge >= 0.3 is 0 Å². The fraction of sp³-hybridized carbons (Fsp3) is 0.700. The van der Waals surface area contributed by atoms with Crippen LogP contribution in [0.25, 0.3) is 0 Å². The molecule has 27 heavy (non-hydrogen) atoms. The monoisotopic (exact) mass is 371 g/mol. The maximum atomic E-state index is 13.2. The molecule has 1 aromatic heterocycles. The van der Waals surface area contributed by atoms with Gasteiger partial charge in [-0.25, -0.2) is 9.97 Å². The molecule has 3 heterocycles. The summed E-state index contributed by atoms with van der Waals surface area (Å²) in [7, 11) is 0. The number of hydrogen-bond donors (Lipinski definition) is 1. The Morgan fingerprint density at radius 2 is 2.07 bits per heavy atom. The lowest BCUT2D eigenvalue weighted by Gasteiger charge is -2.39. The van der Waals surface area contributed by atoms with E-state index in [1.807, 2.05) is 13.8 Å². The summed E-state index contributed by atoms with van der Waals surface area (Å²) in [6.07, 6.45) is 5.14. The Kier molecular flexibility index (Phi) is 4.56. The number of nitrogen functional groups attached to an aromatic ring is 1. The van der Waals surface area contributed by atoms with Crippen LogP contribution in [0.1, 0.15) is 68.1 Å². The zero-order chi connectivity index (χ0) is 19.2. The van der Waals surface area contributed by atoms with Crippen LogP contribution in [0.3, 0.4) is 0 Å². The summed E-state index contributed by atoms with van der Waals surface area (Å²) in [5.74, 6) is 1.10. The third-order valence-electron chi connectivity index (χ3n) is 6.21. The maximum Gasteiger partial charge on any atom is 0.272 e. The number of nitrogens with zero attached hydrogens (tertiary/aromatic N) is 4. The first-order valence-corrected chi connectivity index (χ1v) is 10.1. The highest BCUT2D eigenvalue weighted by atomic mass is 16.2. The van der Waals surface area contributed by atoms with E-state index in [0.29, 0.717) is 24.7 Å². The van der Waals surface area contributed by atoms with E-state index in [1.165, 1.54) is 12.8 Å². The Labute approximate surface area is 160 Å². The number of likely N-dealkylation sites (tertiary alicyclic amines) is 2. The first-order valence-electron chi connectivity index (χ1n) is 10.1. The molecule has 1 spiro atoms. The summed E-state index contributed by atoms with van der Waals surface area (Å²) in [4.78, 5) is 38.4. The van der Waals surface area contributed by atoms with Gasteiger partial charge in [-0.15, -0.1) is 0 Å².